The summed E-state index contributed by atoms with van der Waals surface area (Å²) in [7, 11) is 0. The van der Waals surface area contributed by atoms with Crippen molar-refractivity contribution in [2.24, 2.45) is 0 Å². The summed E-state index contributed by atoms with van der Waals surface area (Å²) in [6.45, 7) is 0.145. The smallest absolute Gasteiger partial charge is 0.407 e. The van der Waals surface area contributed by atoms with Gasteiger partial charge in [-0.15, -0.1) is 0 Å². The molecule has 1 heterocycles. The molecule has 1 unspecified atom stereocenters. The summed E-state index contributed by atoms with van der Waals surface area (Å²) in [6, 6.07) is 20.5. The Morgan fingerprint density at radius 3 is 2.20 bits per heavy atom. The molecule has 0 aliphatic heterocycles. The number of alkyl carbamates (subject to hydrolysis) is 1. The van der Waals surface area contributed by atoms with Crippen LogP contribution in [0.1, 0.15) is 29.2 Å². The van der Waals surface area contributed by atoms with Gasteiger partial charge >= 0.3 is 12.1 Å². The largest absolute Gasteiger partial charge is 0.480 e. The second-order valence-electron chi connectivity index (χ2n) is 7.22. The molecule has 2 aromatic carbocycles. The Morgan fingerprint density at radius 2 is 1.60 bits per heavy atom. The molecule has 1 aromatic heterocycles. The molecule has 1 atom stereocenters. The fraction of sp³-hybridized carbons (Fsp3) is 0.208. The molecule has 0 spiro atoms. The number of carbonyl (C=O) groups is 2. The second-order valence-corrected chi connectivity index (χ2v) is 7.22. The quantitative estimate of drug-likeness (QED) is 0.623. The third kappa shape index (κ3) is 4.17. The number of carboxylic acids is 1. The molecule has 4 rings (SSSR count). The summed E-state index contributed by atoms with van der Waals surface area (Å²) in [5.74, 6) is -1.17. The molecule has 0 bridgehead atoms. The normalized spacial score (nSPS) is 13.2. The summed E-state index contributed by atoms with van der Waals surface area (Å²) in [5, 5.41) is 11.9. The maximum Gasteiger partial charge on any atom is 0.407 e. The van der Waals surface area contributed by atoms with E-state index in [1.165, 1.54) is 0 Å². The highest BCUT2D eigenvalue weighted by Crippen LogP contribution is 2.44. The number of nitrogens with zero attached hydrogens (tertiary/aromatic N) is 1. The minimum atomic E-state index is -1.10. The lowest BCUT2D eigenvalue weighted by molar-refractivity contribution is -0.139. The van der Waals surface area contributed by atoms with E-state index in [0.717, 1.165) is 27.9 Å². The SMILES string of the molecule is O=C(NC(CCc1ccccn1)C(=O)O)OCC1c2ccccc2-c2ccccc21. The van der Waals surface area contributed by atoms with E-state index >= 15 is 0 Å². The van der Waals surface area contributed by atoms with Crippen LogP contribution in [0, 0.1) is 0 Å². The van der Waals surface area contributed by atoms with Crippen molar-refractivity contribution in [2.75, 3.05) is 6.61 Å². The Bertz CT molecular complexity index is 1010. The van der Waals surface area contributed by atoms with E-state index in [0.29, 0.717) is 6.42 Å². The third-order valence-corrected chi connectivity index (χ3v) is 5.35. The Morgan fingerprint density at radius 1 is 0.967 bits per heavy atom. The highest BCUT2D eigenvalue weighted by atomic mass is 16.5. The first-order chi connectivity index (χ1) is 14.6. The molecule has 0 saturated carbocycles. The molecule has 0 fully saturated rings. The molecule has 0 saturated heterocycles. The number of carboxylic acid groups (broad SMARTS) is 1. The first-order valence-corrected chi connectivity index (χ1v) is 9.87. The van der Waals surface area contributed by atoms with Gasteiger partial charge in [0.05, 0.1) is 0 Å². The van der Waals surface area contributed by atoms with Crippen LogP contribution in [0.15, 0.2) is 72.9 Å². The standard InChI is InChI=1S/C24H22N2O4/c27-23(28)22(13-12-16-7-5-6-14-25-16)26-24(29)30-15-21-19-10-3-1-8-17(19)18-9-2-4-11-20(18)21/h1-11,14,21-22H,12-13,15H2,(H,26,29)(H,27,28). The fourth-order valence-electron chi connectivity index (χ4n) is 3.88. The number of hydrogen-bond donors (Lipinski definition) is 2. The zero-order chi connectivity index (χ0) is 20.9. The van der Waals surface area contributed by atoms with Gasteiger partial charge in [-0.05, 0) is 47.2 Å². The molecule has 3 aromatic rings. The highest BCUT2D eigenvalue weighted by Gasteiger charge is 2.29. The van der Waals surface area contributed by atoms with E-state index in [1.54, 1.807) is 12.3 Å². The summed E-state index contributed by atoms with van der Waals surface area (Å²) in [4.78, 5) is 28.1. The Labute approximate surface area is 174 Å². The van der Waals surface area contributed by atoms with Gasteiger partial charge in [-0.2, -0.15) is 0 Å². The average molecular weight is 402 g/mol. The second kappa shape index (κ2) is 8.78. The molecule has 1 amide bonds. The van der Waals surface area contributed by atoms with Gasteiger partial charge in [0.2, 0.25) is 0 Å². The van der Waals surface area contributed by atoms with Crippen LogP contribution in [-0.2, 0) is 16.0 Å². The van der Waals surface area contributed by atoms with Gasteiger partial charge in [0.25, 0.3) is 0 Å². The monoisotopic (exact) mass is 402 g/mol. The number of aryl methyl sites for hydroxylation is 1. The van der Waals surface area contributed by atoms with Gasteiger partial charge < -0.3 is 15.2 Å². The van der Waals surface area contributed by atoms with Crippen molar-refractivity contribution in [1.29, 1.82) is 0 Å². The van der Waals surface area contributed by atoms with Gasteiger partial charge in [-0.3, -0.25) is 4.98 Å². The third-order valence-electron chi connectivity index (χ3n) is 5.35. The lowest BCUT2D eigenvalue weighted by Gasteiger charge is -2.17. The Kier molecular flexibility index (Phi) is 5.75. The molecule has 6 nitrogen and oxygen atoms in total. The number of aliphatic carboxylic acids is 1. The van der Waals surface area contributed by atoms with Gasteiger partial charge in [-0.1, -0.05) is 54.6 Å². The van der Waals surface area contributed by atoms with Crippen LogP contribution in [0.25, 0.3) is 11.1 Å². The lowest BCUT2D eigenvalue weighted by atomic mass is 9.98. The molecule has 6 heteroatoms. The van der Waals surface area contributed by atoms with Gasteiger partial charge in [0.15, 0.2) is 0 Å². The van der Waals surface area contributed by atoms with E-state index in [9.17, 15) is 14.7 Å². The Hall–Kier alpha value is -3.67. The predicted molar refractivity (Wildman–Crippen MR) is 112 cm³/mol. The lowest BCUT2D eigenvalue weighted by Crippen LogP contribution is -2.41. The van der Waals surface area contributed by atoms with Crippen molar-refractivity contribution in [3.8, 4) is 11.1 Å². The first kappa shape index (κ1) is 19.6. The minimum absolute atomic E-state index is 0.0695. The minimum Gasteiger partial charge on any atom is -0.480 e. The van der Waals surface area contributed by atoms with Crippen molar-refractivity contribution in [3.05, 3.63) is 89.7 Å². The summed E-state index contributed by atoms with van der Waals surface area (Å²) in [5.41, 5.74) is 5.27. The van der Waals surface area contributed by atoms with Gasteiger partial charge in [0, 0.05) is 17.8 Å². The number of nitrogens with one attached hydrogen (secondary N) is 1. The maximum atomic E-state index is 12.3. The van der Waals surface area contributed by atoms with Gasteiger partial charge in [-0.25, -0.2) is 9.59 Å². The number of hydrogen-bond acceptors (Lipinski definition) is 4. The zero-order valence-corrected chi connectivity index (χ0v) is 16.3. The zero-order valence-electron chi connectivity index (χ0n) is 16.3. The molecular formula is C24H22N2O4. The molecular weight excluding hydrogens is 380 g/mol. The summed E-state index contributed by atoms with van der Waals surface area (Å²) >= 11 is 0. The van der Waals surface area contributed by atoms with E-state index in [1.807, 2.05) is 48.5 Å². The first-order valence-electron chi connectivity index (χ1n) is 9.87. The summed E-state index contributed by atoms with van der Waals surface area (Å²) < 4.78 is 5.44. The molecule has 30 heavy (non-hydrogen) atoms. The van der Waals surface area contributed by atoms with E-state index in [2.05, 4.69) is 22.4 Å². The number of rotatable bonds is 7. The Balaban J connectivity index is 1.38. The van der Waals surface area contributed by atoms with Gasteiger partial charge in [0.1, 0.15) is 12.6 Å². The average Bonchev–Trinajstić information content (AvgIpc) is 3.09. The van der Waals surface area contributed by atoms with Crippen LogP contribution in [0.5, 0.6) is 0 Å². The maximum absolute atomic E-state index is 12.3. The van der Waals surface area contributed by atoms with Crippen molar-refractivity contribution < 1.29 is 19.4 Å². The van der Waals surface area contributed by atoms with E-state index in [-0.39, 0.29) is 18.9 Å². The van der Waals surface area contributed by atoms with Crippen molar-refractivity contribution in [2.45, 2.75) is 24.8 Å². The van der Waals surface area contributed by atoms with Crippen LogP contribution in [0.4, 0.5) is 4.79 Å². The number of aromatic nitrogens is 1. The van der Waals surface area contributed by atoms with Crippen LogP contribution >= 0.6 is 0 Å². The molecule has 1 aliphatic carbocycles. The topological polar surface area (TPSA) is 88.5 Å². The number of amides is 1. The fourth-order valence-corrected chi connectivity index (χ4v) is 3.88. The van der Waals surface area contributed by atoms with E-state index < -0.39 is 18.1 Å². The van der Waals surface area contributed by atoms with Crippen molar-refractivity contribution >= 4 is 12.1 Å². The molecule has 2 N–H and O–H groups in total. The van der Waals surface area contributed by atoms with Crippen LogP contribution in [0.3, 0.4) is 0 Å². The van der Waals surface area contributed by atoms with Crippen LogP contribution < -0.4 is 5.32 Å². The number of carbonyl (C=O) groups excluding carboxylic acids is 1. The molecule has 0 radical (unpaired) electrons. The summed E-state index contributed by atoms with van der Waals surface area (Å²) in [6.07, 6.45) is 1.60. The predicted octanol–water partition coefficient (Wildman–Crippen LogP) is 4.01. The number of fused-ring (bicyclic) bond motifs is 3. The number of pyridine rings is 1. The number of ether oxygens (including phenoxy) is 1. The number of benzene rings is 2. The van der Waals surface area contributed by atoms with Crippen LogP contribution in [0.2, 0.25) is 0 Å². The van der Waals surface area contributed by atoms with Crippen molar-refractivity contribution in [1.82, 2.24) is 10.3 Å². The van der Waals surface area contributed by atoms with Crippen molar-refractivity contribution in [3.63, 3.8) is 0 Å². The highest BCUT2D eigenvalue weighted by molar-refractivity contribution is 5.81. The van der Waals surface area contributed by atoms with E-state index in [4.69, 9.17) is 4.74 Å². The van der Waals surface area contributed by atoms with Crippen LogP contribution in [-0.4, -0.2) is 34.8 Å². The molecule has 1 aliphatic rings. The molecule has 152 valence electrons.